The molecule has 0 unspecified atom stereocenters. The third-order valence-corrected chi connectivity index (χ3v) is 8.72. The van der Waals surface area contributed by atoms with Crippen molar-refractivity contribution >= 4 is 11.9 Å². The van der Waals surface area contributed by atoms with E-state index in [9.17, 15) is 50.4 Å². The fraction of sp³-hybridized carbons (Fsp3) is 0.933. The Morgan fingerprint density at radius 3 is 1.90 bits per heavy atom. The Morgan fingerprint density at radius 1 is 0.667 bits per heavy atom. The number of carbonyl (C=O) groups is 2. The monoisotopic (exact) mass is 699 g/mol. The molecule has 3 fully saturated rings. The standard InChI is InChI=1S/C30H53NO17/c1-14-20(36)23(39)25(41)29(44-14)48-27-24(40)21(37)16(12-32)45-30(27)47-26-17(13-33)46-28(19(22(26)38)31-15(2)34)43-11-9-7-5-4-6-8-10-18(35)42-3/h14,16-17,19-30,32-33,36-41H,4-13H2,1-3H3,(H,31,34)/t14-,16+,17+,19+,20+,21-,22+,23+,24-,25-,26+,27+,28+,29-,30-/m0/s1. The van der Waals surface area contributed by atoms with E-state index in [2.05, 4.69) is 10.1 Å². The molecule has 15 atom stereocenters. The summed E-state index contributed by atoms with van der Waals surface area (Å²) in [7, 11) is 1.35. The van der Waals surface area contributed by atoms with Crippen LogP contribution in [0.4, 0.5) is 0 Å². The molecule has 280 valence electrons. The summed E-state index contributed by atoms with van der Waals surface area (Å²) in [6, 6.07) is -1.19. The van der Waals surface area contributed by atoms with Gasteiger partial charge in [0, 0.05) is 20.0 Å². The van der Waals surface area contributed by atoms with Gasteiger partial charge in [-0.3, -0.25) is 9.59 Å². The lowest BCUT2D eigenvalue weighted by molar-refractivity contribution is -0.382. The number of nitrogens with one attached hydrogen (secondary N) is 1. The minimum atomic E-state index is -1.82. The van der Waals surface area contributed by atoms with Crippen LogP contribution in [0, 0.1) is 0 Å². The molecule has 18 nitrogen and oxygen atoms in total. The lowest BCUT2D eigenvalue weighted by Gasteiger charge is -2.49. The molecule has 3 heterocycles. The Morgan fingerprint density at radius 2 is 1.27 bits per heavy atom. The highest BCUT2D eigenvalue weighted by molar-refractivity contribution is 5.73. The fourth-order valence-electron chi connectivity index (χ4n) is 5.89. The molecule has 9 N–H and O–H groups in total. The van der Waals surface area contributed by atoms with Gasteiger partial charge in [-0.25, -0.2) is 0 Å². The molecule has 1 amide bonds. The highest BCUT2D eigenvalue weighted by Crippen LogP contribution is 2.33. The van der Waals surface area contributed by atoms with Gasteiger partial charge in [-0.15, -0.1) is 0 Å². The second-order valence-electron chi connectivity index (χ2n) is 12.4. The van der Waals surface area contributed by atoms with Crippen molar-refractivity contribution in [2.45, 2.75) is 151 Å². The summed E-state index contributed by atoms with van der Waals surface area (Å²) in [5, 5.41) is 86.2. The molecule has 0 saturated carbocycles. The van der Waals surface area contributed by atoms with E-state index in [4.69, 9.17) is 28.4 Å². The van der Waals surface area contributed by atoms with Crippen LogP contribution in [0.2, 0.25) is 0 Å². The Labute approximate surface area is 278 Å². The van der Waals surface area contributed by atoms with Gasteiger partial charge in [0.1, 0.15) is 67.1 Å². The highest BCUT2D eigenvalue weighted by atomic mass is 16.8. The first-order chi connectivity index (χ1) is 22.8. The van der Waals surface area contributed by atoms with Crippen LogP contribution in [-0.4, -0.2) is 172 Å². The Bertz CT molecular complexity index is 978. The maximum Gasteiger partial charge on any atom is 0.305 e. The van der Waals surface area contributed by atoms with E-state index in [0.29, 0.717) is 12.8 Å². The van der Waals surface area contributed by atoms with Crippen LogP contribution in [-0.2, 0) is 42.7 Å². The lowest BCUT2D eigenvalue weighted by Crippen LogP contribution is -2.68. The summed E-state index contributed by atoms with van der Waals surface area (Å²) in [5.41, 5.74) is 0. The number of amides is 1. The van der Waals surface area contributed by atoms with E-state index in [1.165, 1.54) is 21.0 Å². The van der Waals surface area contributed by atoms with Crippen LogP contribution >= 0.6 is 0 Å². The van der Waals surface area contributed by atoms with Gasteiger partial charge in [-0.1, -0.05) is 25.7 Å². The molecule has 0 spiro atoms. The average Bonchev–Trinajstić information content (AvgIpc) is 3.06. The van der Waals surface area contributed by atoms with Crippen LogP contribution < -0.4 is 5.32 Å². The van der Waals surface area contributed by atoms with Crippen molar-refractivity contribution in [3.63, 3.8) is 0 Å². The summed E-state index contributed by atoms with van der Waals surface area (Å²) in [6.45, 7) is 1.37. The maximum atomic E-state index is 12.1. The van der Waals surface area contributed by atoms with Gasteiger partial charge in [0.2, 0.25) is 5.91 Å². The first-order valence-electron chi connectivity index (χ1n) is 16.4. The van der Waals surface area contributed by atoms with Gasteiger partial charge in [0.05, 0.1) is 26.4 Å². The molecule has 3 rings (SSSR count). The molecule has 3 saturated heterocycles. The van der Waals surface area contributed by atoms with Crippen LogP contribution in [0.5, 0.6) is 0 Å². The summed E-state index contributed by atoms with van der Waals surface area (Å²) in [4.78, 5) is 23.3. The van der Waals surface area contributed by atoms with E-state index in [0.717, 1.165) is 32.1 Å². The molecule has 0 radical (unpaired) electrons. The summed E-state index contributed by atoms with van der Waals surface area (Å²) in [5.74, 6) is -0.770. The van der Waals surface area contributed by atoms with Crippen molar-refractivity contribution in [2.75, 3.05) is 26.9 Å². The number of ether oxygens (including phenoxy) is 7. The molecule has 0 aliphatic carbocycles. The molecule has 3 aliphatic rings. The second kappa shape index (κ2) is 19.7. The predicted molar refractivity (Wildman–Crippen MR) is 160 cm³/mol. The second-order valence-corrected chi connectivity index (χ2v) is 12.4. The Kier molecular flexibility index (Phi) is 16.7. The summed E-state index contributed by atoms with van der Waals surface area (Å²) >= 11 is 0. The van der Waals surface area contributed by atoms with Crippen molar-refractivity contribution < 1.29 is 83.6 Å². The van der Waals surface area contributed by atoms with Crippen molar-refractivity contribution in [2.24, 2.45) is 0 Å². The van der Waals surface area contributed by atoms with Gasteiger partial charge < -0.3 is 79.3 Å². The van der Waals surface area contributed by atoms with Gasteiger partial charge in [0.15, 0.2) is 18.9 Å². The number of rotatable bonds is 17. The zero-order valence-corrected chi connectivity index (χ0v) is 27.5. The molecule has 0 bridgehead atoms. The van der Waals surface area contributed by atoms with Crippen LogP contribution in [0.15, 0.2) is 0 Å². The van der Waals surface area contributed by atoms with Crippen LogP contribution in [0.1, 0.15) is 58.8 Å². The van der Waals surface area contributed by atoms with Crippen molar-refractivity contribution in [3.05, 3.63) is 0 Å². The smallest absolute Gasteiger partial charge is 0.305 e. The van der Waals surface area contributed by atoms with E-state index in [1.54, 1.807) is 0 Å². The minimum Gasteiger partial charge on any atom is -0.469 e. The number of carbonyl (C=O) groups excluding carboxylic acids is 2. The number of hydrogen-bond donors (Lipinski definition) is 9. The SMILES string of the molecule is COC(=O)CCCCCCCCO[C@@H]1O[C@H](CO)[C@@H](O[C@@H]2O[C@H](CO)[C@H](O)[C@H](O)[C@H]2O[C@@H]2O[C@@H](C)[C@@H](O)[C@@H](O)[C@@H]2O)[C@H](O)[C@H]1NC(C)=O. The van der Waals surface area contributed by atoms with E-state index in [1.807, 2.05) is 0 Å². The molecule has 18 heteroatoms. The van der Waals surface area contributed by atoms with E-state index in [-0.39, 0.29) is 12.6 Å². The zero-order chi connectivity index (χ0) is 35.5. The minimum absolute atomic E-state index is 0.200. The normalized spacial score (nSPS) is 40.4. The van der Waals surface area contributed by atoms with Crippen molar-refractivity contribution in [1.82, 2.24) is 5.32 Å². The van der Waals surface area contributed by atoms with E-state index >= 15 is 0 Å². The highest BCUT2D eigenvalue weighted by Gasteiger charge is 2.54. The number of methoxy groups -OCH3 is 1. The van der Waals surface area contributed by atoms with Gasteiger partial charge in [-0.05, 0) is 19.8 Å². The Balaban J connectivity index is 1.68. The van der Waals surface area contributed by atoms with E-state index < -0.39 is 111 Å². The maximum absolute atomic E-state index is 12.1. The largest absolute Gasteiger partial charge is 0.469 e. The zero-order valence-electron chi connectivity index (χ0n) is 27.5. The van der Waals surface area contributed by atoms with Gasteiger partial charge >= 0.3 is 5.97 Å². The molecule has 0 aromatic carbocycles. The molecule has 48 heavy (non-hydrogen) atoms. The van der Waals surface area contributed by atoms with Gasteiger partial charge in [0.25, 0.3) is 0 Å². The third-order valence-electron chi connectivity index (χ3n) is 8.72. The third kappa shape index (κ3) is 10.7. The predicted octanol–water partition coefficient (Wildman–Crippen LogP) is -3.47. The first-order valence-corrected chi connectivity index (χ1v) is 16.4. The number of aliphatic hydroxyl groups excluding tert-OH is 8. The number of aliphatic hydroxyl groups is 8. The summed E-state index contributed by atoms with van der Waals surface area (Å²) in [6.07, 6.45) is -16.1. The van der Waals surface area contributed by atoms with Crippen LogP contribution in [0.25, 0.3) is 0 Å². The van der Waals surface area contributed by atoms with Crippen molar-refractivity contribution in [3.8, 4) is 0 Å². The average molecular weight is 700 g/mol. The molecular weight excluding hydrogens is 646 g/mol. The Hall–Kier alpha value is -1.62. The molecule has 0 aromatic heterocycles. The number of unbranched alkanes of at least 4 members (excludes halogenated alkanes) is 5. The molecule has 0 aromatic rings. The van der Waals surface area contributed by atoms with Crippen molar-refractivity contribution in [1.29, 1.82) is 0 Å². The lowest BCUT2D eigenvalue weighted by atomic mass is 9.95. The summed E-state index contributed by atoms with van der Waals surface area (Å²) < 4.78 is 39.2. The fourth-order valence-corrected chi connectivity index (χ4v) is 5.89. The molecular formula is C30H53NO17. The number of hydrogen-bond acceptors (Lipinski definition) is 17. The van der Waals surface area contributed by atoms with Gasteiger partial charge in [-0.2, -0.15) is 0 Å². The number of esters is 1. The molecule has 3 aliphatic heterocycles. The topological polar surface area (TPSA) is 273 Å². The first kappa shape index (κ1) is 40.8. The quantitative estimate of drug-likeness (QED) is 0.0527. The van der Waals surface area contributed by atoms with Crippen LogP contribution in [0.3, 0.4) is 0 Å².